The first-order valence-electron chi connectivity index (χ1n) is 6.36. The molecule has 2 aromatic carbocycles. The molecular formula is C16H17F2NO. The van der Waals surface area contributed by atoms with E-state index in [0.717, 1.165) is 17.3 Å². The number of hydrogen-bond acceptors (Lipinski definition) is 2. The van der Waals surface area contributed by atoms with Crippen molar-refractivity contribution >= 4 is 5.69 Å². The van der Waals surface area contributed by atoms with Crippen molar-refractivity contribution in [2.45, 2.75) is 12.5 Å². The summed E-state index contributed by atoms with van der Waals surface area (Å²) in [6, 6.07) is 10.7. The Balaban J connectivity index is 2.19. The second-order valence-electron chi connectivity index (χ2n) is 4.99. The number of aliphatic hydroxyl groups excluding tert-OH is 1. The maximum atomic E-state index is 13.1. The Hall–Kier alpha value is -1.94. The van der Waals surface area contributed by atoms with Gasteiger partial charge in [-0.25, -0.2) is 8.78 Å². The number of benzene rings is 2. The zero-order valence-corrected chi connectivity index (χ0v) is 11.5. The Morgan fingerprint density at radius 1 is 1.05 bits per heavy atom. The third-order valence-corrected chi connectivity index (χ3v) is 3.12. The minimum absolute atomic E-state index is 0.172. The highest BCUT2D eigenvalue weighted by Gasteiger charge is 2.11. The average molecular weight is 277 g/mol. The molecule has 0 radical (unpaired) electrons. The van der Waals surface area contributed by atoms with Crippen LogP contribution in [0.5, 0.6) is 0 Å². The Kier molecular flexibility index (Phi) is 4.35. The van der Waals surface area contributed by atoms with E-state index >= 15 is 0 Å². The summed E-state index contributed by atoms with van der Waals surface area (Å²) >= 11 is 0. The van der Waals surface area contributed by atoms with E-state index in [9.17, 15) is 13.9 Å². The van der Waals surface area contributed by atoms with Crippen molar-refractivity contribution in [3.8, 4) is 0 Å². The fourth-order valence-electron chi connectivity index (χ4n) is 2.08. The van der Waals surface area contributed by atoms with E-state index in [1.807, 2.05) is 37.2 Å². The Bertz CT molecular complexity index is 579. The lowest BCUT2D eigenvalue weighted by molar-refractivity contribution is 0.178. The Labute approximate surface area is 117 Å². The molecule has 0 saturated carbocycles. The van der Waals surface area contributed by atoms with Crippen LogP contribution in [0, 0.1) is 11.6 Å². The minimum Gasteiger partial charge on any atom is -0.388 e. The van der Waals surface area contributed by atoms with Gasteiger partial charge in [-0.3, -0.25) is 0 Å². The second-order valence-corrected chi connectivity index (χ2v) is 4.99. The van der Waals surface area contributed by atoms with Crippen LogP contribution < -0.4 is 4.90 Å². The highest BCUT2D eigenvalue weighted by atomic mass is 19.1. The second kappa shape index (κ2) is 6.01. The fourth-order valence-corrected chi connectivity index (χ4v) is 2.08. The number of halogens is 2. The van der Waals surface area contributed by atoms with E-state index in [1.165, 1.54) is 12.1 Å². The molecule has 2 nitrogen and oxygen atoms in total. The minimum atomic E-state index is -0.795. The van der Waals surface area contributed by atoms with Gasteiger partial charge in [0.05, 0.1) is 6.10 Å². The maximum Gasteiger partial charge on any atom is 0.126 e. The van der Waals surface area contributed by atoms with Crippen molar-refractivity contribution in [2.75, 3.05) is 19.0 Å². The first-order valence-corrected chi connectivity index (χ1v) is 6.36. The molecule has 106 valence electrons. The molecule has 0 fully saturated rings. The van der Waals surface area contributed by atoms with Gasteiger partial charge in [0.1, 0.15) is 11.6 Å². The van der Waals surface area contributed by atoms with Gasteiger partial charge in [0.25, 0.3) is 0 Å². The molecule has 0 aliphatic heterocycles. The third-order valence-electron chi connectivity index (χ3n) is 3.12. The summed E-state index contributed by atoms with van der Waals surface area (Å²) in [5.74, 6) is -1.26. The molecule has 2 aromatic rings. The summed E-state index contributed by atoms with van der Waals surface area (Å²) < 4.78 is 26.2. The van der Waals surface area contributed by atoms with Crippen molar-refractivity contribution in [1.29, 1.82) is 0 Å². The molecule has 0 bridgehead atoms. The molecule has 1 unspecified atom stereocenters. The quantitative estimate of drug-likeness (QED) is 0.927. The standard InChI is InChI=1S/C16H17F2NO/c1-19(2)15-5-3-4-12(9-15)16(20)8-11-6-13(17)10-14(18)7-11/h3-7,9-10,16,20H,8H2,1-2H3. The number of anilines is 1. The van der Waals surface area contributed by atoms with Gasteiger partial charge in [-0.15, -0.1) is 0 Å². The first-order chi connectivity index (χ1) is 9.45. The lowest BCUT2D eigenvalue weighted by atomic mass is 10.0. The molecule has 0 aliphatic carbocycles. The van der Waals surface area contributed by atoms with Gasteiger partial charge in [-0.2, -0.15) is 0 Å². The number of nitrogens with zero attached hydrogens (tertiary/aromatic N) is 1. The molecule has 2 rings (SSSR count). The molecular weight excluding hydrogens is 260 g/mol. The van der Waals surface area contributed by atoms with E-state index in [-0.39, 0.29) is 6.42 Å². The number of hydrogen-bond donors (Lipinski definition) is 1. The zero-order chi connectivity index (χ0) is 14.7. The van der Waals surface area contributed by atoms with Crippen LogP contribution in [0.15, 0.2) is 42.5 Å². The molecule has 4 heteroatoms. The van der Waals surface area contributed by atoms with Crippen molar-refractivity contribution in [3.63, 3.8) is 0 Å². The van der Waals surface area contributed by atoms with Crippen LogP contribution in [0.1, 0.15) is 17.2 Å². The van der Waals surface area contributed by atoms with Crippen LogP contribution in [-0.2, 0) is 6.42 Å². The van der Waals surface area contributed by atoms with Crippen molar-refractivity contribution in [3.05, 3.63) is 65.2 Å². The van der Waals surface area contributed by atoms with Gasteiger partial charge in [-0.1, -0.05) is 12.1 Å². The third kappa shape index (κ3) is 3.54. The molecule has 0 saturated heterocycles. The number of rotatable bonds is 4. The predicted molar refractivity (Wildman–Crippen MR) is 75.8 cm³/mol. The fraction of sp³-hybridized carbons (Fsp3) is 0.250. The highest BCUT2D eigenvalue weighted by molar-refractivity contribution is 5.47. The van der Waals surface area contributed by atoms with E-state index in [0.29, 0.717) is 5.56 Å². The van der Waals surface area contributed by atoms with Crippen LogP contribution in [0.25, 0.3) is 0 Å². The van der Waals surface area contributed by atoms with Crippen molar-refractivity contribution in [1.82, 2.24) is 0 Å². The molecule has 1 atom stereocenters. The monoisotopic (exact) mass is 277 g/mol. The highest BCUT2D eigenvalue weighted by Crippen LogP contribution is 2.23. The smallest absolute Gasteiger partial charge is 0.126 e. The maximum absolute atomic E-state index is 13.1. The largest absolute Gasteiger partial charge is 0.388 e. The van der Waals surface area contributed by atoms with Gasteiger partial charge < -0.3 is 10.0 Å². The average Bonchev–Trinajstić information content (AvgIpc) is 2.37. The topological polar surface area (TPSA) is 23.5 Å². The summed E-state index contributed by atoms with van der Waals surface area (Å²) in [5, 5.41) is 10.2. The Morgan fingerprint density at radius 2 is 1.70 bits per heavy atom. The Morgan fingerprint density at radius 3 is 2.30 bits per heavy atom. The van der Waals surface area contributed by atoms with Crippen molar-refractivity contribution < 1.29 is 13.9 Å². The SMILES string of the molecule is CN(C)c1cccc(C(O)Cc2cc(F)cc(F)c2)c1. The summed E-state index contributed by atoms with van der Waals surface area (Å²) in [6.45, 7) is 0. The number of aliphatic hydroxyl groups is 1. The molecule has 0 aromatic heterocycles. The van der Waals surface area contributed by atoms with Gasteiger partial charge >= 0.3 is 0 Å². The molecule has 20 heavy (non-hydrogen) atoms. The molecule has 0 heterocycles. The predicted octanol–water partition coefficient (Wildman–Crippen LogP) is 3.31. The van der Waals surface area contributed by atoms with Crippen LogP contribution in [0.2, 0.25) is 0 Å². The summed E-state index contributed by atoms with van der Waals surface area (Å²) in [5.41, 5.74) is 2.12. The van der Waals surface area contributed by atoms with Crippen LogP contribution in [0.4, 0.5) is 14.5 Å². The zero-order valence-electron chi connectivity index (χ0n) is 11.5. The normalized spacial score (nSPS) is 12.2. The summed E-state index contributed by atoms with van der Waals surface area (Å²) in [6.07, 6.45) is -0.623. The molecule has 0 amide bonds. The first kappa shape index (κ1) is 14.5. The van der Waals surface area contributed by atoms with Crippen molar-refractivity contribution in [2.24, 2.45) is 0 Å². The van der Waals surface area contributed by atoms with E-state index in [2.05, 4.69) is 0 Å². The van der Waals surface area contributed by atoms with Gasteiger partial charge in [-0.05, 0) is 35.4 Å². The van der Waals surface area contributed by atoms with Gasteiger partial charge in [0.15, 0.2) is 0 Å². The lowest BCUT2D eigenvalue weighted by Crippen LogP contribution is -2.10. The van der Waals surface area contributed by atoms with E-state index < -0.39 is 17.7 Å². The molecule has 0 aliphatic rings. The molecule has 0 spiro atoms. The summed E-state index contributed by atoms with van der Waals surface area (Å²) in [7, 11) is 3.82. The van der Waals surface area contributed by atoms with Gasteiger partial charge in [0, 0.05) is 32.3 Å². The van der Waals surface area contributed by atoms with Crippen LogP contribution in [0.3, 0.4) is 0 Å². The van der Waals surface area contributed by atoms with Crippen LogP contribution in [-0.4, -0.2) is 19.2 Å². The van der Waals surface area contributed by atoms with Gasteiger partial charge in [0.2, 0.25) is 0 Å². The molecule has 1 N–H and O–H groups in total. The van der Waals surface area contributed by atoms with E-state index in [1.54, 1.807) is 6.07 Å². The van der Waals surface area contributed by atoms with Crippen LogP contribution >= 0.6 is 0 Å². The lowest BCUT2D eigenvalue weighted by Gasteiger charge is -2.16. The summed E-state index contributed by atoms with van der Waals surface area (Å²) in [4.78, 5) is 1.93. The van der Waals surface area contributed by atoms with E-state index in [4.69, 9.17) is 0 Å².